The average Bonchev–Trinajstić information content (AvgIpc) is 2.88. The number of amides is 1. The smallest absolute Gasteiger partial charge is 0.326 e. The average molecular weight is 289 g/mol. The van der Waals surface area contributed by atoms with Crippen molar-refractivity contribution in [3.8, 4) is 0 Å². The normalized spacial score (nSPS) is 13.8. The molecule has 2 atom stereocenters. The summed E-state index contributed by atoms with van der Waals surface area (Å²) in [6.45, 7) is 1.78. The minimum Gasteiger partial charge on any atom is -0.480 e. The van der Waals surface area contributed by atoms with Crippen LogP contribution >= 0.6 is 0 Å². The highest BCUT2D eigenvalue weighted by molar-refractivity contribution is 5.88. The van der Waals surface area contributed by atoms with E-state index in [0.717, 1.165) is 16.5 Å². The zero-order valence-corrected chi connectivity index (χ0v) is 11.8. The first-order valence-electron chi connectivity index (χ1n) is 6.86. The third kappa shape index (κ3) is 3.41. The number of carbonyl (C=O) groups excluding carboxylic acids is 1. The molecule has 2 rings (SSSR count). The summed E-state index contributed by atoms with van der Waals surface area (Å²) in [6.07, 6.45) is 2.44. The van der Waals surface area contributed by atoms with Crippen molar-refractivity contribution in [3.05, 3.63) is 36.0 Å². The predicted molar refractivity (Wildman–Crippen MR) is 79.8 cm³/mol. The molecule has 1 unspecified atom stereocenters. The Morgan fingerprint density at radius 3 is 2.76 bits per heavy atom. The predicted octanol–water partition coefficient (Wildman–Crippen LogP) is 1.02. The molecule has 0 aliphatic heterocycles. The van der Waals surface area contributed by atoms with Gasteiger partial charge >= 0.3 is 5.97 Å². The molecule has 1 aromatic carbocycles. The Kier molecular flexibility index (Phi) is 4.59. The Hall–Kier alpha value is -2.34. The number of nitrogens with one attached hydrogen (secondary N) is 2. The van der Waals surface area contributed by atoms with Crippen molar-refractivity contribution in [1.82, 2.24) is 10.3 Å². The first-order valence-corrected chi connectivity index (χ1v) is 6.86. The molecule has 1 heterocycles. The van der Waals surface area contributed by atoms with Gasteiger partial charge in [-0.25, -0.2) is 4.79 Å². The largest absolute Gasteiger partial charge is 0.480 e. The van der Waals surface area contributed by atoms with E-state index in [4.69, 9.17) is 5.73 Å². The quantitative estimate of drug-likeness (QED) is 0.636. The van der Waals surface area contributed by atoms with E-state index in [1.165, 1.54) is 0 Å². The number of hydrogen-bond donors (Lipinski definition) is 4. The van der Waals surface area contributed by atoms with Crippen molar-refractivity contribution in [2.45, 2.75) is 31.8 Å². The Balaban J connectivity index is 2.17. The van der Waals surface area contributed by atoms with Crippen molar-refractivity contribution in [1.29, 1.82) is 0 Å². The number of aromatic amines is 1. The molecule has 21 heavy (non-hydrogen) atoms. The fourth-order valence-electron chi connectivity index (χ4n) is 2.18. The number of carboxylic acid groups (broad SMARTS) is 1. The summed E-state index contributed by atoms with van der Waals surface area (Å²) >= 11 is 0. The molecule has 2 aromatic rings. The molecular weight excluding hydrogens is 270 g/mol. The molecule has 6 heteroatoms. The van der Waals surface area contributed by atoms with Gasteiger partial charge in [0.15, 0.2) is 0 Å². The molecule has 1 aromatic heterocycles. The molecule has 5 N–H and O–H groups in total. The first kappa shape index (κ1) is 15.1. The molecule has 0 aliphatic carbocycles. The minimum atomic E-state index is -1.07. The molecule has 0 radical (unpaired) electrons. The first-order chi connectivity index (χ1) is 10.0. The van der Waals surface area contributed by atoms with Gasteiger partial charge < -0.3 is 21.1 Å². The second kappa shape index (κ2) is 6.41. The molecule has 0 saturated heterocycles. The van der Waals surface area contributed by atoms with E-state index < -0.39 is 24.0 Å². The summed E-state index contributed by atoms with van der Waals surface area (Å²) in [7, 11) is 0. The summed E-state index contributed by atoms with van der Waals surface area (Å²) in [5, 5.41) is 12.7. The van der Waals surface area contributed by atoms with Gasteiger partial charge in [-0.3, -0.25) is 4.79 Å². The van der Waals surface area contributed by atoms with Crippen molar-refractivity contribution in [2.75, 3.05) is 0 Å². The summed E-state index contributed by atoms with van der Waals surface area (Å²) in [6, 6.07) is 5.95. The molecule has 112 valence electrons. The number of rotatable bonds is 6. The third-order valence-electron chi connectivity index (χ3n) is 3.49. The van der Waals surface area contributed by atoms with Crippen LogP contribution in [-0.2, 0) is 16.0 Å². The fourth-order valence-corrected chi connectivity index (χ4v) is 2.18. The molecule has 0 spiro atoms. The van der Waals surface area contributed by atoms with Crippen molar-refractivity contribution in [2.24, 2.45) is 5.73 Å². The van der Waals surface area contributed by atoms with Crippen LogP contribution in [0.1, 0.15) is 18.9 Å². The second-order valence-electron chi connectivity index (χ2n) is 4.98. The lowest BCUT2D eigenvalue weighted by molar-refractivity contribution is -0.142. The van der Waals surface area contributed by atoms with Crippen LogP contribution in [0.3, 0.4) is 0 Å². The standard InChI is InChI=1S/C15H19N3O3/c1-2-11(16)14(19)18-13(15(20)21)7-9-8-17-12-6-4-3-5-10(9)12/h3-6,8,11,13,17H,2,7,16H2,1H3,(H,18,19)(H,20,21)/t11?,13-/m1/s1. The molecule has 6 nitrogen and oxygen atoms in total. The summed E-state index contributed by atoms with van der Waals surface area (Å²) < 4.78 is 0. The number of carboxylic acids is 1. The molecule has 0 bridgehead atoms. The Morgan fingerprint density at radius 1 is 1.38 bits per heavy atom. The number of H-pyrrole nitrogens is 1. The number of aliphatic carboxylic acids is 1. The molecule has 0 saturated carbocycles. The molecule has 0 aliphatic rings. The van der Waals surface area contributed by atoms with Crippen LogP contribution in [0.2, 0.25) is 0 Å². The maximum atomic E-state index is 11.8. The monoisotopic (exact) mass is 289 g/mol. The Morgan fingerprint density at radius 2 is 2.10 bits per heavy atom. The van der Waals surface area contributed by atoms with Gasteiger partial charge in [-0.1, -0.05) is 25.1 Å². The second-order valence-corrected chi connectivity index (χ2v) is 4.98. The van der Waals surface area contributed by atoms with Gasteiger partial charge in [0, 0.05) is 23.5 Å². The number of para-hydroxylation sites is 1. The summed E-state index contributed by atoms with van der Waals surface area (Å²) in [5.74, 6) is -1.51. The van der Waals surface area contributed by atoms with E-state index in [-0.39, 0.29) is 6.42 Å². The summed E-state index contributed by atoms with van der Waals surface area (Å²) in [5.41, 5.74) is 7.41. The maximum absolute atomic E-state index is 11.8. The number of hydrogen-bond acceptors (Lipinski definition) is 3. The lowest BCUT2D eigenvalue weighted by Gasteiger charge is -2.16. The van der Waals surface area contributed by atoms with E-state index in [9.17, 15) is 14.7 Å². The van der Waals surface area contributed by atoms with Crippen LogP contribution in [0.25, 0.3) is 10.9 Å². The maximum Gasteiger partial charge on any atom is 0.326 e. The van der Waals surface area contributed by atoms with Crippen LogP contribution in [0, 0.1) is 0 Å². The van der Waals surface area contributed by atoms with E-state index in [1.807, 2.05) is 24.3 Å². The van der Waals surface area contributed by atoms with Crippen LogP contribution < -0.4 is 11.1 Å². The van der Waals surface area contributed by atoms with Crippen LogP contribution in [-0.4, -0.2) is 34.1 Å². The van der Waals surface area contributed by atoms with Crippen LogP contribution in [0.5, 0.6) is 0 Å². The van der Waals surface area contributed by atoms with E-state index in [1.54, 1.807) is 13.1 Å². The van der Waals surface area contributed by atoms with E-state index in [2.05, 4.69) is 10.3 Å². The Labute approximate surface area is 122 Å². The fraction of sp³-hybridized carbons (Fsp3) is 0.333. The van der Waals surface area contributed by atoms with Gasteiger partial charge in [0.2, 0.25) is 5.91 Å². The van der Waals surface area contributed by atoms with Crippen LogP contribution in [0.4, 0.5) is 0 Å². The molecular formula is C15H19N3O3. The number of aromatic nitrogens is 1. The van der Waals surface area contributed by atoms with Crippen molar-refractivity contribution in [3.63, 3.8) is 0 Å². The lowest BCUT2D eigenvalue weighted by atomic mass is 10.0. The van der Waals surface area contributed by atoms with Crippen LogP contribution in [0.15, 0.2) is 30.5 Å². The van der Waals surface area contributed by atoms with Gasteiger partial charge in [-0.05, 0) is 18.1 Å². The summed E-state index contributed by atoms with van der Waals surface area (Å²) in [4.78, 5) is 26.2. The highest BCUT2D eigenvalue weighted by atomic mass is 16.4. The molecule has 1 amide bonds. The van der Waals surface area contributed by atoms with Gasteiger partial charge in [-0.2, -0.15) is 0 Å². The van der Waals surface area contributed by atoms with E-state index >= 15 is 0 Å². The highest BCUT2D eigenvalue weighted by Gasteiger charge is 2.23. The van der Waals surface area contributed by atoms with Gasteiger partial charge in [0.1, 0.15) is 6.04 Å². The zero-order chi connectivity index (χ0) is 15.4. The highest BCUT2D eigenvalue weighted by Crippen LogP contribution is 2.19. The van der Waals surface area contributed by atoms with E-state index in [0.29, 0.717) is 6.42 Å². The topological polar surface area (TPSA) is 108 Å². The number of fused-ring (bicyclic) bond motifs is 1. The van der Waals surface area contributed by atoms with Gasteiger partial charge in [0.05, 0.1) is 6.04 Å². The Bertz CT molecular complexity index is 650. The number of nitrogens with two attached hydrogens (primary N) is 1. The van der Waals surface area contributed by atoms with Crippen molar-refractivity contribution < 1.29 is 14.7 Å². The lowest BCUT2D eigenvalue weighted by Crippen LogP contribution is -2.49. The third-order valence-corrected chi connectivity index (χ3v) is 3.49. The SMILES string of the molecule is CCC(N)C(=O)N[C@H](Cc1c[nH]c2ccccc12)C(=O)O. The van der Waals surface area contributed by atoms with Gasteiger partial charge in [0.25, 0.3) is 0 Å². The van der Waals surface area contributed by atoms with Crippen molar-refractivity contribution >= 4 is 22.8 Å². The number of carbonyl (C=O) groups is 2. The minimum absolute atomic E-state index is 0.210. The van der Waals surface area contributed by atoms with Gasteiger partial charge in [-0.15, -0.1) is 0 Å². The zero-order valence-electron chi connectivity index (χ0n) is 11.8. The number of benzene rings is 1. The molecule has 0 fully saturated rings.